The van der Waals surface area contributed by atoms with Gasteiger partial charge in [0, 0.05) is 5.69 Å². The average Bonchev–Trinajstić information content (AvgIpc) is 2.07. The van der Waals surface area contributed by atoms with Crippen molar-refractivity contribution in [2.75, 3.05) is 5.32 Å². The number of carbonyl (C=O) groups is 1. The number of nitriles is 1. The van der Waals surface area contributed by atoms with Crippen molar-refractivity contribution in [2.45, 2.75) is 0 Å². The summed E-state index contributed by atoms with van der Waals surface area (Å²) in [5.41, 5.74) is 1.28. The molecule has 0 aliphatic heterocycles. The number of nitrogens with one attached hydrogen (secondary N) is 1. The van der Waals surface area contributed by atoms with E-state index in [1.54, 1.807) is 24.3 Å². The molecule has 3 heteroatoms. The Morgan fingerprint density at radius 1 is 1.36 bits per heavy atom. The van der Waals surface area contributed by atoms with Crippen LogP contribution in [-0.2, 0) is 4.79 Å². The molecule has 1 N–H and O–H groups in total. The van der Waals surface area contributed by atoms with E-state index in [2.05, 4.69) is 5.32 Å². The molecule has 1 rings (SSSR count). The maximum absolute atomic E-state index is 9.95. The topological polar surface area (TPSA) is 52.9 Å². The lowest BCUT2D eigenvalue weighted by Gasteiger charge is -1.95. The van der Waals surface area contributed by atoms with Gasteiger partial charge in [-0.3, -0.25) is 4.79 Å². The van der Waals surface area contributed by atoms with Crippen LogP contribution in [0.5, 0.6) is 0 Å². The first kappa shape index (κ1) is 7.29. The molecule has 0 aliphatic carbocycles. The van der Waals surface area contributed by atoms with Crippen LogP contribution in [-0.4, -0.2) is 6.41 Å². The molecule has 0 saturated heterocycles. The van der Waals surface area contributed by atoms with Gasteiger partial charge in [0.1, 0.15) is 0 Å². The fourth-order valence-corrected chi connectivity index (χ4v) is 0.709. The van der Waals surface area contributed by atoms with Gasteiger partial charge in [-0.1, -0.05) is 0 Å². The molecule has 0 atom stereocenters. The maximum atomic E-state index is 9.95. The Kier molecular flexibility index (Phi) is 2.24. The predicted octanol–water partition coefficient (Wildman–Crippen LogP) is 1.13. The fraction of sp³-hybridized carbons (Fsp3) is 0. The molecule has 1 aromatic carbocycles. The third-order valence-corrected chi connectivity index (χ3v) is 1.24. The maximum Gasteiger partial charge on any atom is 0.211 e. The van der Waals surface area contributed by atoms with Crippen LogP contribution in [0.1, 0.15) is 5.56 Å². The van der Waals surface area contributed by atoms with Crippen molar-refractivity contribution >= 4 is 12.1 Å². The Balaban J connectivity index is 2.84. The summed E-state index contributed by atoms with van der Waals surface area (Å²) >= 11 is 0. The Morgan fingerprint density at radius 2 is 2.00 bits per heavy atom. The Morgan fingerprint density at radius 3 is 2.45 bits per heavy atom. The monoisotopic (exact) mass is 146 g/mol. The van der Waals surface area contributed by atoms with Gasteiger partial charge in [-0.2, -0.15) is 5.26 Å². The number of nitrogens with zero attached hydrogens (tertiary/aromatic N) is 1. The Bertz CT molecular complexity index is 284. The summed E-state index contributed by atoms with van der Waals surface area (Å²) in [6.07, 6.45) is 0.599. The van der Waals surface area contributed by atoms with Crippen LogP contribution in [0, 0.1) is 11.3 Å². The second-order valence-electron chi connectivity index (χ2n) is 1.95. The van der Waals surface area contributed by atoms with Crippen LogP contribution in [0.2, 0.25) is 0 Å². The van der Waals surface area contributed by atoms with Crippen molar-refractivity contribution in [1.82, 2.24) is 0 Å². The highest BCUT2D eigenvalue weighted by atomic mass is 16.1. The quantitative estimate of drug-likeness (QED) is 0.636. The van der Waals surface area contributed by atoms with Crippen molar-refractivity contribution in [1.29, 1.82) is 5.26 Å². The van der Waals surface area contributed by atoms with E-state index in [-0.39, 0.29) is 0 Å². The van der Waals surface area contributed by atoms with E-state index in [9.17, 15) is 4.79 Å². The van der Waals surface area contributed by atoms with Gasteiger partial charge in [-0.05, 0) is 24.3 Å². The molecule has 0 spiro atoms. The first-order chi connectivity index (χ1) is 5.36. The highest BCUT2D eigenvalue weighted by Gasteiger charge is 1.89. The molecule has 0 heterocycles. The molecule has 11 heavy (non-hydrogen) atoms. The van der Waals surface area contributed by atoms with Crippen LogP contribution >= 0.6 is 0 Å². The van der Waals surface area contributed by atoms with E-state index >= 15 is 0 Å². The molecule has 0 unspecified atom stereocenters. The number of carbonyl (C=O) groups excluding carboxylic acids is 1. The van der Waals surface area contributed by atoms with E-state index in [0.29, 0.717) is 17.7 Å². The predicted molar refractivity (Wildman–Crippen MR) is 40.8 cm³/mol. The van der Waals surface area contributed by atoms with Crippen molar-refractivity contribution in [3.63, 3.8) is 0 Å². The van der Waals surface area contributed by atoms with Gasteiger partial charge >= 0.3 is 0 Å². The summed E-state index contributed by atoms with van der Waals surface area (Å²) in [6.45, 7) is 0. The smallest absolute Gasteiger partial charge is 0.211 e. The van der Waals surface area contributed by atoms with Gasteiger partial charge in [0.05, 0.1) is 11.6 Å². The molecule has 1 amide bonds. The number of hydrogen-bond acceptors (Lipinski definition) is 2. The minimum absolute atomic E-state index is 0.585. The van der Waals surface area contributed by atoms with Crippen molar-refractivity contribution in [3.05, 3.63) is 29.8 Å². The fourth-order valence-electron chi connectivity index (χ4n) is 0.709. The lowest BCUT2D eigenvalue weighted by Crippen LogP contribution is -1.92. The van der Waals surface area contributed by atoms with Gasteiger partial charge < -0.3 is 5.32 Å². The molecule has 54 valence electrons. The normalized spacial score (nSPS) is 8.27. The summed E-state index contributed by atoms with van der Waals surface area (Å²) in [5, 5.41) is 10.9. The molecule has 0 aromatic heterocycles. The highest BCUT2D eigenvalue weighted by molar-refractivity contribution is 5.71. The van der Waals surface area contributed by atoms with E-state index < -0.39 is 0 Å². The molecule has 1 aromatic rings. The van der Waals surface area contributed by atoms with Crippen LogP contribution in [0.15, 0.2) is 24.3 Å². The Labute approximate surface area is 64.3 Å². The molecule has 3 nitrogen and oxygen atoms in total. The number of rotatable bonds is 2. The van der Waals surface area contributed by atoms with Gasteiger partial charge in [-0.25, -0.2) is 0 Å². The standard InChI is InChI=1S/C8H6N2O/c9-5-7-1-3-8(4-2-7)10-6-11/h1-4,6H,(H,10,11). The summed E-state index contributed by atoms with van der Waals surface area (Å²) in [6, 6.07) is 8.62. The first-order valence-electron chi connectivity index (χ1n) is 3.07. The van der Waals surface area contributed by atoms with E-state index in [1.165, 1.54) is 0 Å². The second kappa shape index (κ2) is 3.37. The molecular formula is C8H6N2O. The zero-order chi connectivity index (χ0) is 8.10. The summed E-state index contributed by atoms with van der Waals surface area (Å²) in [7, 11) is 0. The van der Waals surface area contributed by atoms with Crippen LogP contribution in [0.25, 0.3) is 0 Å². The zero-order valence-corrected chi connectivity index (χ0v) is 5.74. The number of hydrogen-bond donors (Lipinski definition) is 1. The van der Waals surface area contributed by atoms with Gasteiger partial charge in [0.25, 0.3) is 0 Å². The number of amides is 1. The number of anilines is 1. The van der Waals surface area contributed by atoms with Crippen molar-refractivity contribution < 1.29 is 4.79 Å². The molecule has 0 radical (unpaired) electrons. The van der Waals surface area contributed by atoms with E-state index in [1.807, 2.05) is 6.07 Å². The minimum atomic E-state index is 0.585. The van der Waals surface area contributed by atoms with Crippen molar-refractivity contribution in [3.8, 4) is 6.07 Å². The lowest BCUT2D eigenvalue weighted by atomic mass is 10.2. The third kappa shape index (κ3) is 1.80. The zero-order valence-electron chi connectivity index (χ0n) is 5.74. The first-order valence-corrected chi connectivity index (χ1v) is 3.07. The van der Waals surface area contributed by atoms with Gasteiger partial charge in [0.2, 0.25) is 6.41 Å². The number of benzene rings is 1. The van der Waals surface area contributed by atoms with Crippen molar-refractivity contribution in [2.24, 2.45) is 0 Å². The van der Waals surface area contributed by atoms with Crippen LogP contribution in [0.4, 0.5) is 5.69 Å². The van der Waals surface area contributed by atoms with E-state index in [0.717, 1.165) is 0 Å². The Hall–Kier alpha value is -1.82. The molecule has 0 bridgehead atoms. The van der Waals surface area contributed by atoms with E-state index in [4.69, 9.17) is 5.26 Å². The second-order valence-corrected chi connectivity index (χ2v) is 1.95. The van der Waals surface area contributed by atoms with Gasteiger partial charge in [0.15, 0.2) is 0 Å². The van der Waals surface area contributed by atoms with Crippen LogP contribution in [0.3, 0.4) is 0 Å². The largest absolute Gasteiger partial charge is 0.329 e. The highest BCUT2D eigenvalue weighted by Crippen LogP contribution is 2.06. The minimum Gasteiger partial charge on any atom is -0.329 e. The molecule has 0 fully saturated rings. The molecule has 0 aliphatic rings. The summed E-state index contributed by atoms with van der Waals surface area (Å²) < 4.78 is 0. The SMILES string of the molecule is N#Cc1ccc(NC=O)cc1. The molecule has 0 saturated carbocycles. The van der Waals surface area contributed by atoms with Gasteiger partial charge in [-0.15, -0.1) is 0 Å². The third-order valence-electron chi connectivity index (χ3n) is 1.24. The lowest BCUT2D eigenvalue weighted by molar-refractivity contribution is -0.105. The van der Waals surface area contributed by atoms with Crippen LogP contribution < -0.4 is 5.32 Å². The summed E-state index contributed by atoms with van der Waals surface area (Å²) in [4.78, 5) is 9.95. The average molecular weight is 146 g/mol. The molecular weight excluding hydrogens is 140 g/mol. The summed E-state index contributed by atoms with van der Waals surface area (Å²) in [5.74, 6) is 0.